The predicted molar refractivity (Wildman–Crippen MR) is 93.1 cm³/mol. The average molecular weight is 369 g/mol. The molecule has 0 saturated heterocycles. The quantitative estimate of drug-likeness (QED) is 0.566. The number of nitrogens with zero attached hydrogens (tertiary/aromatic N) is 1. The molecule has 0 spiro atoms. The molecule has 1 aromatic heterocycles. The number of aliphatic hydroxyl groups excluding tert-OH is 1. The van der Waals surface area contributed by atoms with Crippen molar-refractivity contribution in [3.8, 4) is 22.8 Å². The second-order valence-corrected chi connectivity index (χ2v) is 5.23. The number of nitrogens with two attached hydrogens (primary N) is 1. The molecule has 5 N–H and O–H groups in total. The van der Waals surface area contributed by atoms with E-state index < -0.39 is 11.9 Å². The average Bonchev–Trinajstić information content (AvgIpc) is 3.09. The number of carboxylic acids is 1. The number of aliphatic carboxylic acids is 1. The molecule has 1 heterocycles. The summed E-state index contributed by atoms with van der Waals surface area (Å²) in [7, 11) is 3.08. The fourth-order valence-electron chi connectivity index (χ4n) is 1.62. The minimum absolute atomic E-state index is 0.0972. The monoisotopic (exact) mass is 369 g/mol. The lowest BCUT2D eigenvalue weighted by atomic mass is 10.1. The maximum Gasteiger partial charge on any atom is 0.394 e. The van der Waals surface area contributed by atoms with Gasteiger partial charge in [0.2, 0.25) is 0 Å². The van der Waals surface area contributed by atoms with Gasteiger partial charge in [0, 0.05) is 17.5 Å². The third kappa shape index (κ3) is 6.03. The minimum Gasteiger partial charge on any atom is -0.497 e. The lowest BCUT2D eigenvalue weighted by Crippen LogP contribution is -2.21. The summed E-state index contributed by atoms with van der Waals surface area (Å²) in [5.74, 6) is -1.47. The zero-order chi connectivity index (χ0) is 18.8. The van der Waals surface area contributed by atoms with Crippen LogP contribution in [-0.2, 0) is 9.59 Å². The third-order valence-corrected chi connectivity index (χ3v) is 3.49. The number of thiazole rings is 1. The van der Waals surface area contributed by atoms with Gasteiger partial charge < -0.3 is 25.4 Å². The molecule has 2 rings (SSSR count). The van der Waals surface area contributed by atoms with Crippen molar-refractivity contribution in [3.05, 3.63) is 23.6 Å². The molecule has 25 heavy (non-hydrogen) atoms. The molecular formula is C15H19N3O6S. The number of carboxylic acid groups (broad SMARTS) is 1. The van der Waals surface area contributed by atoms with Crippen LogP contribution in [0.3, 0.4) is 0 Å². The fourth-order valence-corrected chi connectivity index (χ4v) is 2.33. The van der Waals surface area contributed by atoms with Crippen molar-refractivity contribution in [2.24, 2.45) is 5.73 Å². The van der Waals surface area contributed by atoms with Crippen LogP contribution in [0.15, 0.2) is 23.6 Å². The van der Waals surface area contributed by atoms with Crippen LogP contribution in [0, 0.1) is 0 Å². The van der Waals surface area contributed by atoms with Gasteiger partial charge in [0.05, 0.1) is 26.5 Å². The van der Waals surface area contributed by atoms with Crippen molar-refractivity contribution in [2.45, 2.75) is 0 Å². The number of hydrogen-bond acceptors (Lipinski definition) is 8. The zero-order valence-electron chi connectivity index (χ0n) is 13.7. The molecule has 0 fully saturated rings. The van der Waals surface area contributed by atoms with E-state index in [2.05, 4.69) is 10.3 Å². The molecule has 0 aliphatic rings. The molecule has 136 valence electrons. The number of carbonyl (C=O) groups excluding carboxylic acids is 1. The van der Waals surface area contributed by atoms with Gasteiger partial charge in [-0.15, -0.1) is 11.3 Å². The van der Waals surface area contributed by atoms with E-state index in [1.807, 2.05) is 0 Å². The van der Waals surface area contributed by atoms with E-state index >= 15 is 0 Å². The summed E-state index contributed by atoms with van der Waals surface area (Å²) in [5, 5.41) is 20.4. The van der Waals surface area contributed by atoms with E-state index in [0.29, 0.717) is 29.3 Å². The number of rotatable bonds is 5. The Balaban J connectivity index is 0.000000705. The molecule has 1 aromatic carbocycles. The largest absolute Gasteiger partial charge is 0.497 e. The summed E-state index contributed by atoms with van der Waals surface area (Å²) in [6.45, 7) is 0.472. The molecule has 9 nitrogen and oxygen atoms in total. The Morgan fingerprint density at radius 2 is 2.00 bits per heavy atom. The first-order valence-electron chi connectivity index (χ1n) is 6.99. The summed E-state index contributed by atoms with van der Waals surface area (Å²) in [6.07, 6.45) is 0. The van der Waals surface area contributed by atoms with Crippen molar-refractivity contribution in [1.29, 1.82) is 0 Å². The molecule has 1 amide bonds. The van der Waals surface area contributed by atoms with Crippen LogP contribution in [0.25, 0.3) is 11.3 Å². The molecule has 0 bridgehead atoms. The van der Waals surface area contributed by atoms with Crippen molar-refractivity contribution in [2.75, 3.05) is 32.7 Å². The van der Waals surface area contributed by atoms with Crippen LogP contribution >= 0.6 is 11.3 Å². The van der Waals surface area contributed by atoms with Crippen LogP contribution in [-0.4, -0.2) is 54.4 Å². The smallest absolute Gasteiger partial charge is 0.394 e. The SMILES string of the molecule is COc1ccc(OC)c(-c2csc(NC(=O)C(=O)O)n2)c1.NCCO. The molecule has 0 aliphatic carbocycles. The van der Waals surface area contributed by atoms with Crippen molar-refractivity contribution in [3.63, 3.8) is 0 Å². The van der Waals surface area contributed by atoms with Gasteiger partial charge in [0.15, 0.2) is 5.13 Å². The highest BCUT2D eigenvalue weighted by Crippen LogP contribution is 2.34. The van der Waals surface area contributed by atoms with E-state index in [4.69, 9.17) is 25.4 Å². The van der Waals surface area contributed by atoms with Crippen LogP contribution in [0.2, 0.25) is 0 Å². The fraction of sp³-hybridized carbons (Fsp3) is 0.267. The van der Waals surface area contributed by atoms with Crippen molar-refractivity contribution >= 4 is 28.3 Å². The van der Waals surface area contributed by atoms with E-state index in [1.165, 1.54) is 7.11 Å². The van der Waals surface area contributed by atoms with Gasteiger partial charge >= 0.3 is 11.9 Å². The predicted octanol–water partition coefficient (Wildman–Crippen LogP) is 0.788. The highest BCUT2D eigenvalue weighted by Gasteiger charge is 2.15. The van der Waals surface area contributed by atoms with Crippen LogP contribution < -0.4 is 20.5 Å². The van der Waals surface area contributed by atoms with Crippen LogP contribution in [0.4, 0.5) is 5.13 Å². The highest BCUT2D eigenvalue weighted by molar-refractivity contribution is 7.14. The Labute approximate surface area is 148 Å². The van der Waals surface area contributed by atoms with Crippen molar-refractivity contribution < 1.29 is 29.3 Å². The second-order valence-electron chi connectivity index (χ2n) is 4.38. The molecular weight excluding hydrogens is 350 g/mol. The maximum absolute atomic E-state index is 11.1. The Morgan fingerprint density at radius 3 is 2.52 bits per heavy atom. The number of aliphatic hydroxyl groups is 1. The molecule has 2 aromatic rings. The summed E-state index contributed by atoms with van der Waals surface area (Å²) >= 11 is 1.12. The maximum atomic E-state index is 11.1. The van der Waals surface area contributed by atoms with Gasteiger partial charge in [-0.2, -0.15) is 0 Å². The standard InChI is InChI=1S/C13H12N2O5S.C2H7NO/c1-19-7-3-4-10(20-2)8(5-7)9-6-21-13(14-9)15-11(16)12(17)18;3-1-2-4/h3-6H,1-2H3,(H,17,18)(H,14,15,16);4H,1-3H2. The third-order valence-electron chi connectivity index (χ3n) is 2.73. The van der Waals surface area contributed by atoms with Gasteiger partial charge in [-0.05, 0) is 18.2 Å². The first kappa shape index (κ1) is 20.4. The highest BCUT2D eigenvalue weighted by atomic mass is 32.1. The second kappa shape index (κ2) is 10.2. The molecule has 10 heteroatoms. The topological polar surface area (TPSA) is 144 Å². The number of nitrogens with one attached hydrogen (secondary N) is 1. The Hall–Kier alpha value is -2.69. The normalized spacial score (nSPS) is 9.60. The number of amides is 1. The van der Waals surface area contributed by atoms with Crippen LogP contribution in [0.5, 0.6) is 11.5 Å². The lowest BCUT2D eigenvalue weighted by molar-refractivity contribution is -0.147. The number of ether oxygens (including phenoxy) is 2. The first-order valence-corrected chi connectivity index (χ1v) is 7.87. The number of hydrogen-bond donors (Lipinski definition) is 4. The Bertz CT molecular complexity index is 717. The summed E-state index contributed by atoms with van der Waals surface area (Å²) in [6, 6.07) is 5.24. The number of carbonyl (C=O) groups is 2. The number of anilines is 1. The Kier molecular flexibility index (Phi) is 8.33. The Morgan fingerprint density at radius 1 is 1.32 bits per heavy atom. The van der Waals surface area contributed by atoms with Gasteiger partial charge in [0.1, 0.15) is 11.5 Å². The summed E-state index contributed by atoms with van der Waals surface area (Å²) in [5.41, 5.74) is 6.01. The zero-order valence-corrected chi connectivity index (χ0v) is 14.5. The van der Waals surface area contributed by atoms with Gasteiger partial charge in [0.25, 0.3) is 0 Å². The first-order chi connectivity index (χ1) is 12.0. The van der Waals surface area contributed by atoms with Gasteiger partial charge in [-0.25, -0.2) is 9.78 Å². The number of methoxy groups -OCH3 is 2. The summed E-state index contributed by atoms with van der Waals surface area (Å²) in [4.78, 5) is 25.8. The van der Waals surface area contributed by atoms with E-state index in [9.17, 15) is 9.59 Å². The molecule has 0 saturated carbocycles. The van der Waals surface area contributed by atoms with E-state index in [-0.39, 0.29) is 11.7 Å². The van der Waals surface area contributed by atoms with Gasteiger partial charge in [-0.3, -0.25) is 10.1 Å². The van der Waals surface area contributed by atoms with E-state index in [1.54, 1.807) is 30.7 Å². The number of benzene rings is 1. The molecule has 0 aliphatic heterocycles. The number of aromatic nitrogens is 1. The minimum atomic E-state index is -1.56. The van der Waals surface area contributed by atoms with Crippen molar-refractivity contribution in [1.82, 2.24) is 4.98 Å². The van der Waals surface area contributed by atoms with E-state index in [0.717, 1.165) is 11.3 Å². The van der Waals surface area contributed by atoms with Gasteiger partial charge in [-0.1, -0.05) is 0 Å². The summed E-state index contributed by atoms with van der Waals surface area (Å²) < 4.78 is 10.4. The van der Waals surface area contributed by atoms with Crippen LogP contribution in [0.1, 0.15) is 0 Å². The molecule has 0 radical (unpaired) electrons. The lowest BCUT2D eigenvalue weighted by Gasteiger charge is -2.08. The molecule has 0 unspecified atom stereocenters. The molecule has 0 atom stereocenters.